The molecule has 0 saturated carbocycles. The van der Waals surface area contributed by atoms with Crippen LogP contribution >= 0.6 is 23.4 Å². The Kier molecular flexibility index (Phi) is 4.95. The van der Waals surface area contributed by atoms with Crippen molar-refractivity contribution >= 4 is 40.7 Å². The molecule has 0 bridgehead atoms. The number of benzene rings is 2. The Morgan fingerprint density at radius 3 is 2.82 bits per heavy atom. The highest BCUT2D eigenvalue weighted by Gasteiger charge is 2.27. The summed E-state index contributed by atoms with van der Waals surface area (Å²) in [5.41, 5.74) is 3.02. The first-order valence-electron chi connectivity index (χ1n) is 8.71. The summed E-state index contributed by atoms with van der Waals surface area (Å²) in [5, 5.41) is 12.4. The lowest BCUT2D eigenvalue weighted by atomic mass is 9.99. The van der Waals surface area contributed by atoms with Crippen molar-refractivity contribution in [2.75, 3.05) is 11.1 Å². The quantitative estimate of drug-likeness (QED) is 0.502. The van der Waals surface area contributed by atoms with Crippen LogP contribution in [0.25, 0.3) is 11.4 Å². The number of Topliss-reactive ketones (excluding diaryl/α,β-unsaturated/α-hetero) is 1. The lowest BCUT2D eigenvalue weighted by Gasteiger charge is -2.06. The highest BCUT2D eigenvalue weighted by molar-refractivity contribution is 7.99. The molecule has 2 heterocycles. The van der Waals surface area contributed by atoms with E-state index >= 15 is 0 Å². The second kappa shape index (κ2) is 7.41. The first-order chi connectivity index (χ1) is 13.5. The van der Waals surface area contributed by atoms with Gasteiger partial charge in [-0.15, -0.1) is 10.2 Å². The van der Waals surface area contributed by atoms with E-state index in [0.29, 0.717) is 21.6 Å². The normalized spacial score (nSPS) is 15.4. The van der Waals surface area contributed by atoms with Crippen LogP contribution in [0.5, 0.6) is 0 Å². The molecule has 1 amide bonds. The molecule has 2 aromatic carbocycles. The lowest BCUT2D eigenvalue weighted by molar-refractivity contribution is -0.116. The molecule has 1 N–H and O–H groups in total. The van der Waals surface area contributed by atoms with Crippen LogP contribution in [0.2, 0.25) is 5.02 Å². The first kappa shape index (κ1) is 18.7. The van der Waals surface area contributed by atoms with Crippen LogP contribution in [-0.2, 0) is 11.8 Å². The number of hydrogen-bond acceptors (Lipinski definition) is 5. The van der Waals surface area contributed by atoms with Gasteiger partial charge in [-0.1, -0.05) is 35.5 Å². The number of carbonyl (C=O) groups excluding carboxylic acids is 2. The van der Waals surface area contributed by atoms with Crippen molar-refractivity contribution in [3.63, 3.8) is 0 Å². The number of hydrogen-bond donors (Lipinski definition) is 1. The molecule has 1 aromatic heterocycles. The highest BCUT2D eigenvalue weighted by Crippen LogP contribution is 2.33. The molecule has 6 nitrogen and oxygen atoms in total. The van der Waals surface area contributed by atoms with E-state index in [4.69, 9.17) is 11.6 Å². The number of halogens is 1. The van der Waals surface area contributed by atoms with E-state index in [1.807, 2.05) is 36.7 Å². The predicted octanol–water partition coefficient (Wildman–Crippen LogP) is 4.17. The molecule has 142 valence electrons. The fourth-order valence-corrected chi connectivity index (χ4v) is 4.15. The molecule has 4 rings (SSSR count). The van der Waals surface area contributed by atoms with Crippen molar-refractivity contribution < 1.29 is 9.59 Å². The van der Waals surface area contributed by atoms with E-state index in [9.17, 15) is 9.59 Å². The minimum Gasteiger partial charge on any atom is -0.325 e. The van der Waals surface area contributed by atoms with Crippen LogP contribution in [0.4, 0.5) is 5.69 Å². The minimum atomic E-state index is -0.243. The molecule has 8 heteroatoms. The van der Waals surface area contributed by atoms with E-state index in [2.05, 4.69) is 15.5 Å². The molecule has 28 heavy (non-hydrogen) atoms. The molecular weight excluding hydrogens is 396 g/mol. The molecule has 3 aromatic rings. The third-order valence-electron chi connectivity index (χ3n) is 4.77. The zero-order valence-corrected chi connectivity index (χ0v) is 16.8. The molecule has 1 atom stereocenters. The third-order valence-corrected chi connectivity index (χ3v) is 6.12. The Labute approximate surface area is 171 Å². The SMILES string of the molecule is C[C@H]1C(=O)Nc2ccc(C(=O)CSc3nnc(-c4ccccc4Cl)n3C)cc21. The summed E-state index contributed by atoms with van der Waals surface area (Å²) >= 11 is 7.57. The number of amides is 1. The van der Waals surface area contributed by atoms with Gasteiger partial charge in [0.1, 0.15) is 0 Å². The van der Waals surface area contributed by atoms with Gasteiger partial charge in [0, 0.05) is 23.9 Å². The topological polar surface area (TPSA) is 76.9 Å². The van der Waals surface area contributed by atoms with Gasteiger partial charge in [0.05, 0.1) is 16.7 Å². The van der Waals surface area contributed by atoms with Crippen molar-refractivity contribution in [1.29, 1.82) is 0 Å². The van der Waals surface area contributed by atoms with Gasteiger partial charge in [0.15, 0.2) is 16.8 Å². The highest BCUT2D eigenvalue weighted by atomic mass is 35.5. The Morgan fingerprint density at radius 2 is 2.04 bits per heavy atom. The van der Waals surface area contributed by atoms with Gasteiger partial charge >= 0.3 is 0 Å². The number of carbonyl (C=O) groups is 2. The minimum absolute atomic E-state index is 0.0263. The van der Waals surface area contributed by atoms with Gasteiger partial charge in [0.25, 0.3) is 0 Å². The summed E-state index contributed by atoms with van der Waals surface area (Å²) in [4.78, 5) is 24.4. The van der Waals surface area contributed by atoms with E-state index in [-0.39, 0.29) is 23.4 Å². The smallest absolute Gasteiger partial charge is 0.231 e. The first-order valence-corrected chi connectivity index (χ1v) is 10.1. The fraction of sp³-hybridized carbons (Fsp3) is 0.200. The van der Waals surface area contributed by atoms with Gasteiger partial charge in [-0.2, -0.15) is 0 Å². The summed E-state index contributed by atoms with van der Waals surface area (Å²) in [6.45, 7) is 1.83. The standard InChI is InChI=1S/C20H17ClN4O2S/c1-11-14-9-12(7-8-16(14)22-19(11)27)17(26)10-28-20-24-23-18(25(20)2)13-5-3-4-6-15(13)21/h3-9,11H,10H2,1-2H3,(H,22,27)/t11-/m1/s1. The maximum Gasteiger partial charge on any atom is 0.231 e. The maximum absolute atomic E-state index is 12.6. The number of ketones is 1. The average molecular weight is 413 g/mol. The van der Waals surface area contributed by atoms with Crippen molar-refractivity contribution in [2.45, 2.75) is 18.0 Å². The largest absolute Gasteiger partial charge is 0.325 e. The summed E-state index contributed by atoms with van der Waals surface area (Å²) in [5.74, 6) is 0.564. The Bertz CT molecular complexity index is 1100. The number of nitrogens with one attached hydrogen (secondary N) is 1. The van der Waals surface area contributed by atoms with E-state index < -0.39 is 0 Å². The van der Waals surface area contributed by atoms with E-state index in [1.54, 1.807) is 24.3 Å². The lowest BCUT2D eigenvalue weighted by Crippen LogP contribution is -2.08. The fourth-order valence-electron chi connectivity index (χ4n) is 3.12. The molecule has 0 fully saturated rings. The number of thioether (sulfide) groups is 1. The zero-order chi connectivity index (χ0) is 19.8. The van der Waals surface area contributed by atoms with Crippen LogP contribution in [0, 0.1) is 0 Å². The maximum atomic E-state index is 12.6. The monoisotopic (exact) mass is 412 g/mol. The number of aromatic nitrogens is 3. The Morgan fingerprint density at radius 1 is 1.25 bits per heavy atom. The van der Waals surface area contributed by atoms with Gasteiger partial charge in [-0.05, 0) is 42.8 Å². The van der Waals surface area contributed by atoms with Crippen molar-refractivity contribution in [2.24, 2.45) is 7.05 Å². The summed E-state index contributed by atoms with van der Waals surface area (Å²) in [6, 6.07) is 12.8. The number of nitrogens with zero attached hydrogens (tertiary/aromatic N) is 3. The molecule has 0 aliphatic carbocycles. The number of rotatable bonds is 5. The van der Waals surface area contributed by atoms with Crippen LogP contribution in [-0.4, -0.2) is 32.2 Å². The van der Waals surface area contributed by atoms with Crippen LogP contribution in [0.1, 0.15) is 28.8 Å². The molecule has 0 radical (unpaired) electrons. The molecule has 1 aliphatic heterocycles. The van der Waals surface area contributed by atoms with Crippen molar-refractivity contribution in [3.05, 3.63) is 58.6 Å². The van der Waals surface area contributed by atoms with Crippen LogP contribution < -0.4 is 5.32 Å². The van der Waals surface area contributed by atoms with Gasteiger partial charge in [0.2, 0.25) is 5.91 Å². The van der Waals surface area contributed by atoms with Gasteiger partial charge in [-0.25, -0.2) is 0 Å². The van der Waals surface area contributed by atoms with Crippen LogP contribution in [0.3, 0.4) is 0 Å². The molecule has 0 spiro atoms. The molecule has 1 aliphatic rings. The van der Waals surface area contributed by atoms with Crippen molar-refractivity contribution in [3.8, 4) is 11.4 Å². The molecular formula is C20H17ClN4O2S. The molecule has 0 unspecified atom stereocenters. The predicted molar refractivity (Wildman–Crippen MR) is 110 cm³/mol. The summed E-state index contributed by atoms with van der Waals surface area (Å²) < 4.78 is 1.83. The Hall–Kier alpha value is -2.64. The van der Waals surface area contributed by atoms with E-state index in [1.165, 1.54) is 11.8 Å². The van der Waals surface area contributed by atoms with E-state index in [0.717, 1.165) is 16.8 Å². The summed E-state index contributed by atoms with van der Waals surface area (Å²) in [6.07, 6.45) is 0. The molecule has 0 saturated heterocycles. The van der Waals surface area contributed by atoms with Crippen molar-refractivity contribution in [1.82, 2.24) is 14.8 Å². The van der Waals surface area contributed by atoms with Gasteiger partial charge < -0.3 is 9.88 Å². The Balaban J connectivity index is 1.49. The average Bonchev–Trinajstić information content (AvgIpc) is 3.19. The second-order valence-corrected chi connectivity index (χ2v) is 7.92. The third kappa shape index (κ3) is 3.31. The van der Waals surface area contributed by atoms with Crippen LogP contribution in [0.15, 0.2) is 47.6 Å². The second-order valence-electron chi connectivity index (χ2n) is 6.57. The number of fused-ring (bicyclic) bond motifs is 1. The summed E-state index contributed by atoms with van der Waals surface area (Å²) in [7, 11) is 1.85. The zero-order valence-electron chi connectivity index (χ0n) is 15.3. The number of anilines is 1. The van der Waals surface area contributed by atoms with Gasteiger partial charge in [-0.3, -0.25) is 9.59 Å².